The number of rotatable bonds is 2. The first-order chi connectivity index (χ1) is 6.27. The molecule has 0 aliphatic carbocycles. The van der Waals surface area contributed by atoms with E-state index in [0.29, 0.717) is 18.1 Å². The zero-order valence-electron chi connectivity index (χ0n) is 7.12. The highest BCUT2D eigenvalue weighted by Crippen LogP contribution is 2.04. The van der Waals surface area contributed by atoms with Gasteiger partial charge in [-0.05, 0) is 6.08 Å². The molecular formula is C7H10N4O2. The van der Waals surface area contributed by atoms with E-state index in [1.807, 2.05) is 7.05 Å². The minimum absolute atomic E-state index is 0.444. The number of allylic oxidation sites excluding steroid dienone is 2. The first-order valence-corrected chi connectivity index (χ1v) is 3.60. The van der Waals surface area contributed by atoms with Crippen LogP contribution in [0.2, 0.25) is 0 Å². The van der Waals surface area contributed by atoms with Crippen LogP contribution in [0, 0.1) is 0 Å². The fourth-order valence-electron chi connectivity index (χ4n) is 0.909. The van der Waals surface area contributed by atoms with Crippen LogP contribution < -0.4 is 0 Å². The Kier molecular flexibility index (Phi) is 3.02. The van der Waals surface area contributed by atoms with E-state index in [2.05, 4.69) is 15.3 Å². The minimum atomic E-state index is 0.444. The Hall–Kier alpha value is -1.85. The van der Waals surface area contributed by atoms with Crippen molar-refractivity contribution >= 4 is 18.1 Å². The Morgan fingerprint density at radius 1 is 1.46 bits per heavy atom. The van der Waals surface area contributed by atoms with E-state index in [9.17, 15) is 0 Å². The van der Waals surface area contributed by atoms with Crippen molar-refractivity contribution in [2.24, 2.45) is 15.3 Å². The van der Waals surface area contributed by atoms with Gasteiger partial charge in [0, 0.05) is 7.05 Å². The van der Waals surface area contributed by atoms with Crippen LogP contribution in [0.25, 0.3) is 0 Å². The minimum Gasteiger partial charge on any atom is -0.411 e. The Labute approximate surface area is 75.2 Å². The summed E-state index contributed by atoms with van der Waals surface area (Å²) in [6.07, 6.45) is 4.15. The summed E-state index contributed by atoms with van der Waals surface area (Å²) in [4.78, 5) is 5.83. The fourth-order valence-corrected chi connectivity index (χ4v) is 0.909. The summed E-state index contributed by atoms with van der Waals surface area (Å²) in [7, 11) is 1.81. The van der Waals surface area contributed by atoms with Gasteiger partial charge in [0.2, 0.25) is 0 Å². The summed E-state index contributed by atoms with van der Waals surface area (Å²) >= 11 is 0. The Morgan fingerprint density at radius 3 is 2.77 bits per heavy atom. The highest BCUT2D eigenvalue weighted by atomic mass is 16.4. The molecule has 6 nitrogen and oxygen atoms in total. The summed E-state index contributed by atoms with van der Waals surface area (Å²) in [6.45, 7) is 0.444. The maximum absolute atomic E-state index is 8.33. The zero-order valence-corrected chi connectivity index (χ0v) is 7.12. The van der Waals surface area contributed by atoms with Crippen LogP contribution in [0.3, 0.4) is 0 Å². The van der Waals surface area contributed by atoms with Crippen molar-refractivity contribution in [1.29, 1.82) is 0 Å². The van der Waals surface area contributed by atoms with Gasteiger partial charge < -0.3 is 15.3 Å². The summed E-state index contributed by atoms with van der Waals surface area (Å²) in [5.74, 6) is 0. The van der Waals surface area contributed by atoms with Crippen LogP contribution in [0.5, 0.6) is 0 Å². The van der Waals surface area contributed by atoms with Gasteiger partial charge in [0.1, 0.15) is 6.67 Å². The number of oxime groups is 2. The molecule has 0 aromatic heterocycles. The van der Waals surface area contributed by atoms with Gasteiger partial charge in [-0.3, -0.25) is 4.99 Å². The predicted octanol–water partition coefficient (Wildman–Crippen LogP) is 0.134. The lowest BCUT2D eigenvalue weighted by Crippen LogP contribution is -2.24. The summed E-state index contributed by atoms with van der Waals surface area (Å²) < 4.78 is 0. The molecule has 0 saturated heterocycles. The fraction of sp³-hybridized carbons (Fsp3) is 0.286. The monoisotopic (exact) mass is 182 g/mol. The smallest absolute Gasteiger partial charge is 0.110 e. The Morgan fingerprint density at radius 2 is 2.15 bits per heavy atom. The number of aliphatic imine (C=N–C) groups is 1. The molecule has 2 N–H and O–H groups in total. The van der Waals surface area contributed by atoms with Crippen LogP contribution in [0.4, 0.5) is 0 Å². The Bertz CT molecular complexity index is 293. The largest absolute Gasteiger partial charge is 0.411 e. The highest BCUT2D eigenvalue weighted by molar-refractivity contribution is 6.36. The van der Waals surface area contributed by atoms with Crippen molar-refractivity contribution < 1.29 is 10.4 Å². The average molecular weight is 182 g/mol. The van der Waals surface area contributed by atoms with Crippen molar-refractivity contribution in [2.75, 3.05) is 13.7 Å². The van der Waals surface area contributed by atoms with E-state index in [1.54, 1.807) is 11.0 Å². The third-order valence-electron chi connectivity index (χ3n) is 1.58. The molecule has 13 heavy (non-hydrogen) atoms. The van der Waals surface area contributed by atoms with Crippen molar-refractivity contribution in [3.8, 4) is 0 Å². The molecule has 0 spiro atoms. The van der Waals surface area contributed by atoms with E-state index in [4.69, 9.17) is 10.4 Å². The molecular weight excluding hydrogens is 172 g/mol. The maximum Gasteiger partial charge on any atom is 0.110 e. The van der Waals surface area contributed by atoms with E-state index in [-0.39, 0.29) is 0 Å². The van der Waals surface area contributed by atoms with E-state index in [0.717, 1.165) is 0 Å². The van der Waals surface area contributed by atoms with Gasteiger partial charge in [0.05, 0.1) is 23.8 Å². The summed E-state index contributed by atoms with van der Waals surface area (Å²) in [5, 5.41) is 22.4. The summed E-state index contributed by atoms with van der Waals surface area (Å²) in [6, 6.07) is 0. The van der Waals surface area contributed by atoms with Crippen LogP contribution in [-0.4, -0.2) is 47.2 Å². The van der Waals surface area contributed by atoms with Gasteiger partial charge in [0.25, 0.3) is 0 Å². The quantitative estimate of drug-likeness (QED) is 0.362. The predicted molar refractivity (Wildman–Crippen MR) is 48.7 cm³/mol. The SMILES string of the molecule is CN1CN=C(C=NO)C=C1C=NO. The van der Waals surface area contributed by atoms with Gasteiger partial charge >= 0.3 is 0 Å². The molecule has 0 atom stereocenters. The van der Waals surface area contributed by atoms with Crippen LogP contribution in [-0.2, 0) is 0 Å². The van der Waals surface area contributed by atoms with Crippen LogP contribution in [0.1, 0.15) is 0 Å². The molecule has 0 unspecified atom stereocenters. The lowest BCUT2D eigenvalue weighted by Gasteiger charge is -2.20. The lowest BCUT2D eigenvalue weighted by molar-refractivity contribution is 0.319. The lowest BCUT2D eigenvalue weighted by atomic mass is 10.2. The van der Waals surface area contributed by atoms with E-state index in [1.165, 1.54) is 12.4 Å². The standard InChI is InChI=1S/C7H10N4O2/c1-11-5-8-6(3-9-12)2-7(11)4-10-13/h2-4,12-13H,5H2,1H3. The molecule has 1 heterocycles. The number of hydrogen-bond donors (Lipinski definition) is 2. The average Bonchev–Trinajstić information content (AvgIpc) is 2.12. The molecule has 0 bridgehead atoms. The molecule has 0 amide bonds. The van der Waals surface area contributed by atoms with Gasteiger partial charge in [-0.2, -0.15) is 0 Å². The second kappa shape index (κ2) is 4.24. The third-order valence-corrected chi connectivity index (χ3v) is 1.58. The van der Waals surface area contributed by atoms with Crippen LogP contribution >= 0.6 is 0 Å². The van der Waals surface area contributed by atoms with Gasteiger partial charge in [-0.25, -0.2) is 0 Å². The van der Waals surface area contributed by atoms with Crippen LogP contribution in [0.15, 0.2) is 27.1 Å². The van der Waals surface area contributed by atoms with Crippen molar-refractivity contribution in [3.63, 3.8) is 0 Å². The van der Waals surface area contributed by atoms with E-state index < -0.39 is 0 Å². The van der Waals surface area contributed by atoms with Gasteiger partial charge in [-0.1, -0.05) is 10.3 Å². The van der Waals surface area contributed by atoms with Crippen molar-refractivity contribution in [3.05, 3.63) is 11.8 Å². The van der Waals surface area contributed by atoms with Crippen molar-refractivity contribution in [1.82, 2.24) is 4.90 Å². The first-order valence-electron chi connectivity index (χ1n) is 3.60. The van der Waals surface area contributed by atoms with Crippen molar-refractivity contribution in [2.45, 2.75) is 0 Å². The summed E-state index contributed by atoms with van der Waals surface area (Å²) in [5.41, 5.74) is 1.24. The molecule has 0 aromatic carbocycles. The molecule has 6 heteroatoms. The Balaban J connectivity index is 2.84. The molecule has 0 saturated carbocycles. The molecule has 0 aromatic rings. The third kappa shape index (κ3) is 2.29. The number of hydrogen-bond acceptors (Lipinski definition) is 6. The van der Waals surface area contributed by atoms with E-state index >= 15 is 0 Å². The van der Waals surface area contributed by atoms with Gasteiger partial charge in [0.15, 0.2) is 0 Å². The normalized spacial score (nSPS) is 18.1. The number of nitrogens with zero attached hydrogens (tertiary/aromatic N) is 4. The molecule has 70 valence electrons. The molecule has 1 aliphatic heterocycles. The molecule has 0 radical (unpaired) electrons. The molecule has 1 aliphatic rings. The maximum atomic E-state index is 8.33. The molecule has 0 fully saturated rings. The molecule has 1 rings (SSSR count). The zero-order chi connectivity index (χ0) is 9.68. The second-order valence-electron chi connectivity index (χ2n) is 2.48. The highest BCUT2D eigenvalue weighted by Gasteiger charge is 2.08. The second-order valence-corrected chi connectivity index (χ2v) is 2.48. The topological polar surface area (TPSA) is 80.8 Å². The van der Waals surface area contributed by atoms with Gasteiger partial charge in [-0.15, -0.1) is 0 Å². The first kappa shape index (κ1) is 9.24.